The minimum atomic E-state index is -0.811. The zero-order chi connectivity index (χ0) is 29.1. The molecule has 0 saturated carbocycles. The van der Waals surface area contributed by atoms with Crippen molar-refractivity contribution in [3.63, 3.8) is 0 Å². The van der Waals surface area contributed by atoms with Crippen LogP contribution in [-0.2, 0) is 9.53 Å². The number of ether oxygens (including phenoxy) is 4. The number of methoxy groups -OCH3 is 1. The lowest BCUT2D eigenvalue weighted by Crippen LogP contribution is -2.40. The summed E-state index contributed by atoms with van der Waals surface area (Å²) in [7, 11) is 1.54. The van der Waals surface area contributed by atoms with Gasteiger partial charge in [0.2, 0.25) is 0 Å². The first-order valence-corrected chi connectivity index (χ1v) is 14.3. The number of fused-ring (bicyclic) bond motifs is 1. The van der Waals surface area contributed by atoms with E-state index in [-0.39, 0.29) is 23.8 Å². The Hall–Kier alpha value is -3.27. The molecule has 1 aliphatic heterocycles. The molecule has 212 valence electrons. The van der Waals surface area contributed by atoms with Crippen molar-refractivity contribution < 1.29 is 23.7 Å². The minimum Gasteiger partial charge on any atom is -0.493 e. The van der Waals surface area contributed by atoms with E-state index in [1.54, 1.807) is 44.2 Å². The standard InChI is InChI=1S/C29H30Cl2N2O6S/c1-7-37-26-18(11-19(30)14-20(26)31)13-23-27(34)33-25(17-9-10-21(39-15(3)4)22(12-17)36-6)24(28(35)38-8-2)16(5)32-29(33)40-23/h9-15,25H,7-8H2,1-6H3/b23-13+/t25-/m0/s1. The maximum atomic E-state index is 14.0. The zero-order valence-corrected chi connectivity index (χ0v) is 25.4. The summed E-state index contributed by atoms with van der Waals surface area (Å²) in [6.45, 7) is 9.68. The summed E-state index contributed by atoms with van der Waals surface area (Å²) in [4.78, 5) is 32.2. The maximum Gasteiger partial charge on any atom is 0.338 e. The number of carbonyl (C=O) groups is 1. The molecule has 0 amide bonds. The van der Waals surface area contributed by atoms with Gasteiger partial charge in [0.05, 0.1) is 53.3 Å². The van der Waals surface area contributed by atoms with E-state index in [2.05, 4.69) is 4.99 Å². The van der Waals surface area contributed by atoms with E-state index in [4.69, 9.17) is 42.1 Å². The van der Waals surface area contributed by atoms with E-state index in [1.165, 1.54) is 23.0 Å². The summed E-state index contributed by atoms with van der Waals surface area (Å²) in [5.41, 5.74) is 1.57. The number of halogens is 2. The molecule has 4 rings (SSSR count). The Morgan fingerprint density at radius 3 is 2.55 bits per heavy atom. The van der Waals surface area contributed by atoms with Crippen molar-refractivity contribution in [3.05, 3.63) is 82.5 Å². The summed E-state index contributed by atoms with van der Waals surface area (Å²) in [5.74, 6) is 0.893. The van der Waals surface area contributed by atoms with Crippen molar-refractivity contribution in [1.82, 2.24) is 4.57 Å². The van der Waals surface area contributed by atoms with Crippen molar-refractivity contribution in [2.75, 3.05) is 20.3 Å². The maximum absolute atomic E-state index is 14.0. The molecule has 3 aromatic rings. The number of allylic oxidation sites excluding steroid dienone is 1. The van der Waals surface area contributed by atoms with Gasteiger partial charge in [-0.2, -0.15) is 0 Å². The summed E-state index contributed by atoms with van der Waals surface area (Å²) in [6.07, 6.45) is 1.60. The second-order valence-electron chi connectivity index (χ2n) is 9.12. The fourth-order valence-electron chi connectivity index (χ4n) is 4.44. The van der Waals surface area contributed by atoms with Gasteiger partial charge in [-0.1, -0.05) is 40.6 Å². The first kappa shape index (κ1) is 29.7. The molecule has 1 aromatic heterocycles. The molecule has 8 nitrogen and oxygen atoms in total. The van der Waals surface area contributed by atoms with Crippen molar-refractivity contribution in [1.29, 1.82) is 0 Å². The number of hydrogen-bond donors (Lipinski definition) is 0. The van der Waals surface area contributed by atoms with Crippen LogP contribution in [0.2, 0.25) is 10.0 Å². The highest BCUT2D eigenvalue weighted by atomic mass is 35.5. The molecule has 40 heavy (non-hydrogen) atoms. The Balaban J connectivity index is 1.97. The van der Waals surface area contributed by atoms with Gasteiger partial charge < -0.3 is 18.9 Å². The van der Waals surface area contributed by atoms with Crippen molar-refractivity contribution in [2.24, 2.45) is 4.99 Å². The number of nitrogens with zero attached hydrogens (tertiary/aromatic N) is 2. The second kappa shape index (κ2) is 12.5. The van der Waals surface area contributed by atoms with E-state index in [0.717, 1.165) is 0 Å². The summed E-state index contributed by atoms with van der Waals surface area (Å²) < 4.78 is 24.5. The molecule has 1 atom stereocenters. The Morgan fingerprint density at radius 2 is 1.90 bits per heavy atom. The van der Waals surface area contributed by atoms with Crippen LogP contribution >= 0.6 is 34.5 Å². The molecule has 0 unspecified atom stereocenters. The summed E-state index contributed by atoms with van der Waals surface area (Å²) in [6, 6.07) is 7.80. The molecule has 0 fully saturated rings. The van der Waals surface area contributed by atoms with Crippen LogP contribution < -0.4 is 29.1 Å². The van der Waals surface area contributed by atoms with Gasteiger partial charge in [0.1, 0.15) is 5.75 Å². The predicted molar refractivity (Wildman–Crippen MR) is 157 cm³/mol. The summed E-state index contributed by atoms with van der Waals surface area (Å²) in [5, 5.41) is 0.740. The third-order valence-corrected chi connectivity index (χ3v) is 7.48. The lowest BCUT2D eigenvalue weighted by Gasteiger charge is -2.25. The van der Waals surface area contributed by atoms with Crippen molar-refractivity contribution in [2.45, 2.75) is 46.8 Å². The van der Waals surface area contributed by atoms with Gasteiger partial charge in [0.15, 0.2) is 16.3 Å². The number of carbonyl (C=O) groups excluding carboxylic acids is 1. The monoisotopic (exact) mass is 604 g/mol. The Labute approximate surface area is 246 Å². The highest BCUT2D eigenvalue weighted by molar-refractivity contribution is 7.07. The minimum absolute atomic E-state index is 0.0729. The molecule has 2 aromatic carbocycles. The van der Waals surface area contributed by atoms with Gasteiger partial charge in [0, 0.05) is 10.6 Å². The van der Waals surface area contributed by atoms with Gasteiger partial charge in [-0.05, 0) is 70.5 Å². The molecule has 2 heterocycles. The lowest BCUT2D eigenvalue weighted by molar-refractivity contribution is -0.139. The van der Waals surface area contributed by atoms with Crippen LogP contribution in [0.5, 0.6) is 17.2 Å². The van der Waals surface area contributed by atoms with Crippen LogP contribution in [0.4, 0.5) is 0 Å². The van der Waals surface area contributed by atoms with E-state index in [9.17, 15) is 9.59 Å². The highest BCUT2D eigenvalue weighted by Crippen LogP contribution is 2.37. The van der Waals surface area contributed by atoms with E-state index in [1.807, 2.05) is 26.8 Å². The average Bonchev–Trinajstić information content (AvgIpc) is 3.19. The van der Waals surface area contributed by atoms with Gasteiger partial charge in [-0.15, -0.1) is 0 Å². The summed E-state index contributed by atoms with van der Waals surface area (Å²) >= 11 is 13.9. The Morgan fingerprint density at radius 1 is 1.15 bits per heavy atom. The molecule has 11 heteroatoms. The molecule has 1 aliphatic rings. The number of rotatable bonds is 9. The lowest BCUT2D eigenvalue weighted by atomic mass is 9.95. The topological polar surface area (TPSA) is 88.4 Å². The molecular formula is C29H30Cl2N2O6S. The van der Waals surface area contributed by atoms with Crippen molar-refractivity contribution >= 4 is 46.6 Å². The van der Waals surface area contributed by atoms with Gasteiger partial charge in [-0.3, -0.25) is 9.36 Å². The fourth-order valence-corrected chi connectivity index (χ4v) is 6.04. The smallest absolute Gasteiger partial charge is 0.338 e. The number of hydrogen-bond acceptors (Lipinski definition) is 8. The quantitative estimate of drug-likeness (QED) is 0.308. The largest absolute Gasteiger partial charge is 0.493 e. The number of thiazole rings is 1. The predicted octanol–water partition coefficient (Wildman–Crippen LogP) is 5.30. The molecule has 0 spiro atoms. The molecule has 0 aliphatic carbocycles. The number of esters is 1. The molecule has 0 saturated heterocycles. The van der Waals surface area contributed by atoms with Gasteiger partial charge in [0.25, 0.3) is 5.56 Å². The number of aromatic nitrogens is 1. The zero-order valence-electron chi connectivity index (χ0n) is 23.0. The van der Waals surface area contributed by atoms with Gasteiger partial charge in [-0.25, -0.2) is 9.79 Å². The SMILES string of the molecule is CCOC(=O)C1=C(C)N=c2s/c(=C/c3cc(Cl)cc(Cl)c3OCC)c(=O)n2[C@H]1c1ccc(OC(C)C)c(OC)c1. The normalized spacial score (nSPS) is 15.1. The molecule has 0 bridgehead atoms. The van der Waals surface area contributed by atoms with Crippen LogP contribution in [0.25, 0.3) is 6.08 Å². The van der Waals surface area contributed by atoms with E-state index < -0.39 is 12.0 Å². The highest BCUT2D eigenvalue weighted by Gasteiger charge is 2.34. The fraction of sp³-hybridized carbons (Fsp3) is 0.345. The Kier molecular flexibility index (Phi) is 9.28. The second-order valence-corrected chi connectivity index (χ2v) is 11.0. The van der Waals surface area contributed by atoms with Gasteiger partial charge >= 0.3 is 5.97 Å². The van der Waals surface area contributed by atoms with Crippen LogP contribution in [-0.4, -0.2) is 37.0 Å². The first-order valence-electron chi connectivity index (χ1n) is 12.8. The Bertz CT molecular complexity index is 1660. The number of benzene rings is 2. The molecular weight excluding hydrogens is 575 g/mol. The van der Waals surface area contributed by atoms with Crippen LogP contribution in [0.1, 0.15) is 51.8 Å². The molecule has 0 N–H and O–H groups in total. The third kappa shape index (κ3) is 5.92. The van der Waals surface area contributed by atoms with E-state index in [0.29, 0.717) is 60.1 Å². The average molecular weight is 606 g/mol. The van der Waals surface area contributed by atoms with Crippen molar-refractivity contribution in [3.8, 4) is 17.2 Å². The van der Waals surface area contributed by atoms with Crippen LogP contribution in [0.15, 0.2) is 51.4 Å². The van der Waals surface area contributed by atoms with E-state index >= 15 is 0 Å². The molecule has 0 radical (unpaired) electrons. The third-order valence-electron chi connectivity index (χ3n) is 6.00. The van der Waals surface area contributed by atoms with Crippen LogP contribution in [0, 0.1) is 0 Å². The first-order chi connectivity index (χ1) is 19.1. The van der Waals surface area contributed by atoms with Crippen LogP contribution in [0.3, 0.4) is 0 Å².